The summed E-state index contributed by atoms with van der Waals surface area (Å²) in [6, 6.07) is 0.564. The number of carboxylic acids is 1. The predicted octanol–water partition coefficient (Wildman–Crippen LogP) is 2.48. The second kappa shape index (κ2) is 6.90. The van der Waals surface area contributed by atoms with E-state index in [4.69, 9.17) is 0 Å². The minimum atomic E-state index is -0.716. The highest BCUT2D eigenvalue weighted by Crippen LogP contribution is 2.41. The van der Waals surface area contributed by atoms with Crippen molar-refractivity contribution in [2.24, 2.45) is 5.92 Å². The Morgan fingerprint density at radius 3 is 2.55 bits per heavy atom. The number of likely N-dealkylation sites (tertiary alicyclic amines) is 1. The molecule has 4 nitrogen and oxygen atoms in total. The molecule has 2 N–H and O–H groups in total. The van der Waals surface area contributed by atoms with E-state index in [0.29, 0.717) is 18.5 Å². The molecule has 2 aliphatic rings. The number of hydrogen-bond donors (Lipinski definition) is 2. The van der Waals surface area contributed by atoms with Crippen LogP contribution in [0.3, 0.4) is 0 Å². The molecule has 0 aromatic rings. The van der Waals surface area contributed by atoms with Gasteiger partial charge in [0.1, 0.15) is 5.54 Å². The third-order valence-corrected chi connectivity index (χ3v) is 5.07. The van der Waals surface area contributed by atoms with Gasteiger partial charge in [-0.15, -0.1) is 0 Å². The van der Waals surface area contributed by atoms with Crippen molar-refractivity contribution in [3.8, 4) is 0 Å². The summed E-state index contributed by atoms with van der Waals surface area (Å²) in [6.07, 6.45) is 8.27. The number of carboxylic acid groups (broad SMARTS) is 1. The Morgan fingerprint density at radius 1 is 1.25 bits per heavy atom. The van der Waals surface area contributed by atoms with Gasteiger partial charge in [0.15, 0.2) is 0 Å². The van der Waals surface area contributed by atoms with Crippen molar-refractivity contribution in [1.29, 1.82) is 0 Å². The second-order valence-corrected chi connectivity index (χ2v) is 6.46. The first-order valence-electron chi connectivity index (χ1n) is 8.36. The Bertz CT molecular complexity index is 330. The maximum Gasteiger partial charge on any atom is 0.325 e. The van der Waals surface area contributed by atoms with E-state index >= 15 is 0 Å². The first kappa shape index (κ1) is 15.8. The van der Waals surface area contributed by atoms with Crippen molar-refractivity contribution in [2.75, 3.05) is 19.6 Å². The number of likely N-dealkylation sites (N-methyl/N-ethyl adjacent to an activating group) is 1. The highest BCUT2D eigenvalue weighted by Gasteiger charge is 2.52. The molecule has 0 amide bonds. The van der Waals surface area contributed by atoms with Crippen LogP contribution in [-0.4, -0.2) is 47.2 Å². The minimum Gasteiger partial charge on any atom is -0.480 e. The zero-order chi connectivity index (χ0) is 14.6. The van der Waals surface area contributed by atoms with Crippen molar-refractivity contribution < 1.29 is 9.90 Å². The van der Waals surface area contributed by atoms with E-state index in [-0.39, 0.29) is 0 Å². The zero-order valence-electron chi connectivity index (χ0n) is 13.0. The second-order valence-electron chi connectivity index (χ2n) is 6.46. The van der Waals surface area contributed by atoms with E-state index in [1.807, 2.05) is 6.92 Å². The SMILES string of the molecule is CCNC(CN1CCCCCC1CC)(C(=O)O)C1CC1. The van der Waals surface area contributed by atoms with Crippen molar-refractivity contribution in [3.05, 3.63) is 0 Å². The normalized spacial score (nSPS) is 27.8. The van der Waals surface area contributed by atoms with Gasteiger partial charge >= 0.3 is 5.97 Å². The third kappa shape index (κ3) is 3.34. The summed E-state index contributed by atoms with van der Waals surface area (Å²) in [6.45, 7) is 6.72. The van der Waals surface area contributed by atoms with Gasteiger partial charge in [0.2, 0.25) is 0 Å². The van der Waals surface area contributed by atoms with Crippen LogP contribution in [0.2, 0.25) is 0 Å². The number of nitrogens with zero attached hydrogens (tertiary/aromatic N) is 1. The number of carbonyl (C=O) groups is 1. The van der Waals surface area contributed by atoms with Gasteiger partial charge in [-0.2, -0.15) is 0 Å². The van der Waals surface area contributed by atoms with Gasteiger partial charge < -0.3 is 10.4 Å². The van der Waals surface area contributed by atoms with Crippen molar-refractivity contribution in [2.45, 2.75) is 70.4 Å². The first-order valence-corrected chi connectivity index (χ1v) is 8.36. The molecule has 2 atom stereocenters. The number of aliphatic carboxylic acids is 1. The Kier molecular flexibility index (Phi) is 5.44. The molecule has 0 spiro atoms. The summed E-state index contributed by atoms with van der Waals surface area (Å²) >= 11 is 0. The fraction of sp³-hybridized carbons (Fsp3) is 0.938. The largest absolute Gasteiger partial charge is 0.480 e. The molecule has 20 heavy (non-hydrogen) atoms. The van der Waals surface area contributed by atoms with Gasteiger partial charge in [-0.25, -0.2) is 0 Å². The molecule has 0 aromatic heterocycles. The Morgan fingerprint density at radius 2 is 2.00 bits per heavy atom. The number of rotatable bonds is 7. The fourth-order valence-electron chi connectivity index (χ4n) is 3.77. The van der Waals surface area contributed by atoms with Crippen molar-refractivity contribution in [1.82, 2.24) is 10.2 Å². The predicted molar refractivity (Wildman–Crippen MR) is 80.9 cm³/mol. The topological polar surface area (TPSA) is 52.6 Å². The molecule has 1 heterocycles. The van der Waals surface area contributed by atoms with Gasteiger partial charge in [-0.1, -0.05) is 26.7 Å². The Labute approximate surface area is 122 Å². The van der Waals surface area contributed by atoms with Crippen LogP contribution in [-0.2, 0) is 4.79 Å². The number of nitrogens with one attached hydrogen (secondary N) is 1. The van der Waals surface area contributed by atoms with E-state index in [2.05, 4.69) is 17.1 Å². The van der Waals surface area contributed by atoms with E-state index in [1.165, 1.54) is 25.7 Å². The standard InChI is InChI=1S/C16H30N2O2/c1-3-14-8-6-5-7-11-18(14)12-16(15(19)20,17-4-2)13-9-10-13/h13-14,17H,3-12H2,1-2H3,(H,19,20). The Balaban J connectivity index is 2.14. The fourth-order valence-corrected chi connectivity index (χ4v) is 3.77. The van der Waals surface area contributed by atoms with Crippen LogP contribution in [0.15, 0.2) is 0 Å². The highest BCUT2D eigenvalue weighted by molar-refractivity contribution is 5.80. The van der Waals surface area contributed by atoms with Crippen LogP contribution in [0.4, 0.5) is 0 Å². The molecule has 2 unspecified atom stereocenters. The molecule has 0 radical (unpaired) electrons. The maximum absolute atomic E-state index is 12.0. The molecule has 1 aliphatic carbocycles. The Hall–Kier alpha value is -0.610. The summed E-state index contributed by atoms with van der Waals surface area (Å²) in [5.74, 6) is -0.332. The van der Waals surface area contributed by atoms with E-state index in [9.17, 15) is 9.90 Å². The molecule has 2 rings (SSSR count). The molecule has 1 saturated carbocycles. The van der Waals surface area contributed by atoms with Crippen LogP contribution in [0.25, 0.3) is 0 Å². The van der Waals surface area contributed by atoms with Gasteiger partial charge in [-0.3, -0.25) is 9.69 Å². The van der Waals surface area contributed by atoms with Crippen LogP contribution in [0, 0.1) is 5.92 Å². The lowest BCUT2D eigenvalue weighted by atomic mass is 9.91. The molecule has 1 aliphatic heterocycles. The summed E-state index contributed by atoms with van der Waals surface area (Å²) in [5, 5.41) is 13.2. The third-order valence-electron chi connectivity index (χ3n) is 5.07. The molecule has 4 heteroatoms. The maximum atomic E-state index is 12.0. The summed E-state index contributed by atoms with van der Waals surface area (Å²) in [7, 11) is 0. The molecule has 0 aromatic carbocycles. The van der Waals surface area contributed by atoms with Crippen molar-refractivity contribution >= 4 is 5.97 Å². The van der Waals surface area contributed by atoms with E-state index in [1.54, 1.807) is 0 Å². The molecule has 2 fully saturated rings. The average molecular weight is 282 g/mol. The average Bonchev–Trinajstić information content (AvgIpc) is 3.25. The van der Waals surface area contributed by atoms with Crippen molar-refractivity contribution in [3.63, 3.8) is 0 Å². The molecule has 0 bridgehead atoms. The summed E-state index contributed by atoms with van der Waals surface area (Å²) < 4.78 is 0. The lowest BCUT2D eigenvalue weighted by Crippen LogP contribution is -2.62. The zero-order valence-corrected chi connectivity index (χ0v) is 13.0. The minimum absolute atomic E-state index is 0.320. The number of hydrogen-bond acceptors (Lipinski definition) is 3. The van der Waals surface area contributed by atoms with Crippen LogP contribution in [0.1, 0.15) is 58.8 Å². The van der Waals surface area contributed by atoms with Gasteiger partial charge in [0.25, 0.3) is 0 Å². The highest BCUT2D eigenvalue weighted by atomic mass is 16.4. The molecular formula is C16H30N2O2. The molecular weight excluding hydrogens is 252 g/mol. The molecule has 116 valence electrons. The smallest absolute Gasteiger partial charge is 0.325 e. The molecule has 1 saturated heterocycles. The van der Waals surface area contributed by atoms with Crippen LogP contribution in [0.5, 0.6) is 0 Å². The summed E-state index contributed by atoms with van der Waals surface area (Å²) in [4.78, 5) is 14.4. The lowest BCUT2D eigenvalue weighted by Gasteiger charge is -2.39. The van der Waals surface area contributed by atoms with Crippen LogP contribution < -0.4 is 5.32 Å². The summed E-state index contributed by atoms with van der Waals surface area (Å²) in [5.41, 5.74) is -0.716. The van der Waals surface area contributed by atoms with Gasteiger partial charge in [-0.05, 0) is 51.1 Å². The van der Waals surface area contributed by atoms with E-state index in [0.717, 1.165) is 32.4 Å². The first-order chi connectivity index (χ1) is 9.64. The van der Waals surface area contributed by atoms with Gasteiger partial charge in [0, 0.05) is 12.6 Å². The monoisotopic (exact) mass is 282 g/mol. The van der Waals surface area contributed by atoms with Gasteiger partial charge in [0.05, 0.1) is 0 Å². The quantitative estimate of drug-likeness (QED) is 0.753. The lowest BCUT2D eigenvalue weighted by molar-refractivity contribution is -0.147. The van der Waals surface area contributed by atoms with Crippen LogP contribution >= 0.6 is 0 Å². The van der Waals surface area contributed by atoms with E-state index < -0.39 is 11.5 Å².